The van der Waals surface area contributed by atoms with Gasteiger partial charge in [0.1, 0.15) is 0 Å². The molecule has 0 aliphatic carbocycles. The summed E-state index contributed by atoms with van der Waals surface area (Å²) in [5.41, 5.74) is 9.40. The molecule has 0 unspecified atom stereocenters. The van der Waals surface area contributed by atoms with Crippen molar-refractivity contribution in [2.75, 3.05) is 24.3 Å². The van der Waals surface area contributed by atoms with Crippen molar-refractivity contribution in [2.24, 2.45) is 0 Å². The van der Waals surface area contributed by atoms with Gasteiger partial charge in [-0.3, -0.25) is 0 Å². The molecule has 1 saturated heterocycles. The Labute approximate surface area is 116 Å². The van der Waals surface area contributed by atoms with Crippen LogP contribution in [0.15, 0.2) is 10.5 Å². The molecule has 1 heterocycles. The van der Waals surface area contributed by atoms with Crippen molar-refractivity contribution in [1.82, 2.24) is 0 Å². The fourth-order valence-corrected chi connectivity index (χ4v) is 2.62. The number of halogens is 1. The average molecular weight is 312 g/mol. The Morgan fingerprint density at radius 1 is 1.50 bits per heavy atom. The lowest BCUT2D eigenvalue weighted by atomic mass is 10.0. The highest BCUT2D eigenvalue weighted by atomic mass is 79.9. The molecule has 18 heavy (non-hydrogen) atoms. The number of anilines is 2. The summed E-state index contributed by atoms with van der Waals surface area (Å²) in [7, 11) is 0. The monoisotopic (exact) mass is 311 g/mol. The van der Waals surface area contributed by atoms with Gasteiger partial charge in [0.25, 0.3) is 0 Å². The Hall–Kier alpha value is -1.07. The van der Waals surface area contributed by atoms with E-state index in [2.05, 4.69) is 21.2 Å². The molecule has 0 spiro atoms. The Balaban J connectivity index is 2.32. The van der Waals surface area contributed by atoms with Crippen LogP contribution in [0.1, 0.15) is 24.0 Å². The van der Waals surface area contributed by atoms with Crippen LogP contribution in [-0.4, -0.2) is 25.5 Å². The third-order valence-electron chi connectivity index (χ3n) is 3.31. The molecule has 5 heteroatoms. The molecule has 1 aliphatic rings. The maximum atomic E-state index is 7.52. The summed E-state index contributed by atoms with van der Waals surface area (Å²) in [6.07, 6.45) is 3.29. The van der Waals surface area contributed by atoms with Crippen molar-refractivity contribution < 1.29 is 4.74 Å². The van der Waals surface area contributed by atoms with E-state index in [0.717, 1.165) is 47.3 Å². The molecule has 2 rings (SSSR count). The van der Waals surface area contributed by atoms with Crippen LogP contribution in [0.5, 0.6) is 0 Å². The summed E-state index contributed by atoms with van der Waals surface area (Å²) in [5, 5.41) is 11.0. The standard InChI is InChI=1S/C13H18BrN3O/c1-8-11(14)6-12(16)10(7-15)13(8)17-9-2-4-18-5-3-9/h6-7,9,15,17H,2-5,16H2,1H3. The van der Waals surface area contributed by atoms with Crippen LogP contribution in [0.4, 0.5) is 11.4 Å². The Morgan fingerprint density at radius 2 is 2.17 bits per heavy atom. The van der Waals surface area contributed by atoms with Gasteiger partial charge in [-0.2, -0.15) is 0 Å². The molecule has 0 aromatic heterocycles. The van der Waals surface area contributed by atoms with Gasteiger partial charge in [-0.15, -0.1) is 0 Å². The molecule has 1 aromatic carbocycles. The molecule has 98 valence electrons. The highest BCUT2D eigenvalue weighted by Gasteiger charge is 2.18. The largest absolute Gasteiger partial charge is 0.398 e. The van der Waals surface area contributed by atoms with E-state index in [1.807, 2.05) is 13.0 Å². The van der Waals surface area contributed by atoms with Crippen molar-refractivity contribution in [2.45, 2.75) is 25.8 Å². The van der Waals surface area contributed by atoms with Gasteiger partial charge in [0.2, 0.25) is 0 Å². The quantitative estimate of drug-likeness (QED) is 0.593. The molecule has 1 fully saturated rings. The number of ether oxygens (including phenoxy) is 1. The minimum atomic E-state index is 0.393. The molecule has 0 atom stereocenters. The van der Waals surface area contributed by atoms with E-state index in [4.69, 9.17) is 15.9 Å². The number of nitrogens with two attached hydrogens (primary N) is 1. The third kappa shape index (κ3) is 2.67. The normalized spacial score (nSPS) is 16.6. The van der Waals surface area contributed by atoms with Crippen molar-refractivity contribution in [3.8, 4) is 0 Å². The van der Waals surface area contributed by atoms with E-state index in [1.54, 1.807) is 0 Å². The fourth-order valence-electron chi connectivity index (χ4n) is 2.18. The zero-order valence-corrected chi connectivity index (χ0v) is 12.0. The first-order valence-corrected chi connectivity index (χ1v) is 6.86. The predicted octanol–water partition coefficient (Wildman–Crippen LogP) is 2.93. The van der Waals surface area contributed by atoms with Crippen LogP contribution in [-0.2, 0) is 4.74 Å². The van der Waals surface area contributed by atoms with Crippen LogP contribution in [0, 0.1) is 12.3 Å². The molecular formula is C13H18BrN3O. The van der Waals surface area contributed by atoms with Crippen molar-refractivity contribution >= 4 is 33.5 Å². The maximum Gasteiger partial charge on any atom is 0.0493 e. The van der Waals surface area contributed by atoms with Crippen molar-refractivity contribution in [3.05, 3.63) is 21.7 Å². The average Bonchev–Trinajstić information content (AvgIpc) is 2.37. The van der Waals surface area contributed by atoms with Crippen molar-refractivity contribution in [3.63, 3.8) is 0 Å². The zero-order valence-electron chi connectivity index (χ0n) is 10.4. The van der Waals surface area contributed by atoms with E-state index in [-0.39, 0.29) is 0 Å². The van der Waals surface area contributed by atoms with Gasteiger partial charge in [0.05, 0.1) is 0 Å². The Kier molecular flexibility index (Phi) is 4.24. The van der Waals surface area contributed by atoms with Gasteiger partial charge in [0, 0.05) is 46.9 Å². The van der Waals surface area contributed by atoms with Crippen LogP contribution in [0.2, 0.25) is 0 Å². The summed E-state index contributed by atoms with van der Waals surface area (Å²) >= 11 is 3.51. The molecule has 0 saturated carbocycles. The molecule has 4 N–H and O–H groups in total. The first-order chi connectivity index (χ1) is 8.63. The highest BCUT2D eigenvalue weighted by Crippen LogP contribution is 2.32. The van der Waals surface area contributed by atoms with Crippen LogP contribution in [0.25, 0.3) is 0 Å². The lowest BCUT2D eigenvalue weighted by molar-refractivity contribution is 0.0904. The van der Waals surface area contributed by atoms with E-state index >= 15 is 0 Å². The van der Waals surface area contributed by atoms with Gasteiger partial charge >= 0.3 is 0 Å². The summed E-state index contributed by atoms with van der Waals surface area (Å²) in [5.74, 6) is 0. The number of nitrogen functional groups attached to an aromatic ring is 1. The van der Waals surface area contributed by atoms with E-state index < -0.39 is 0 Å². The van der Waals surface area contributed by atoms with Gasteiger partial charge < -0.3 is 21.2 Å². The highest BCUT2D eigenvalue weighted by molar-refractivity contribution is 9.10. The van der Waals surface area contributed by atoms with Crippen LogP contribution < -0.4 is 11.1 Å². The number of benzene rings is 1. The molecule has 1 aliphatic heterocycles. The van der Waals surface area contributed by atoms with Gasteiger partial charge in [-0.05, 0) is 31.4 Å². The second-order valence-corrected chi connectivity index (χ2v) is 5.39. The first kappa shape index (κ1) is 13.4. The van der Waals surface area contributed by atoms with Gasteiger partial charge in [0.15, 0.2) is 0 Å². The maximum absolute atomic E-state index is 7.52. The Morgan fingerprint density at radius 3 is 2.78 bits per heavy atom. The first-order valence-electron chi connectivity index (χ1n) is 6.06. The summed E-state index contributed by atoms with van der Waals surface area (Å²) in [4.78, 5) is 0. The SMILES string of the molecule is Cc1c(Br)cc(N)c(C=N)c1NC1CCOCC1. The topological polar surface area (TPSA) is 71.1 Å². The van der Waals surface area contributed by atoms with E-state index in [0.29, 0.717) is 11.7 Å². The minimum Gasteiger partial charge on any atom is -0.398 e. The predicted molar refractivity (Wildman–Crippen MR) is 78.6 cm³/mol. The lowest BCUT2D eigenvalue weighted by Crippen LogP contribution is -2.28. The molecule has 0 radical (unpaired) electrons. The summed E-state index contributed by atoms with van der Waals surface area (Å²) in [6, 6.07) is 2.25. The number of hydrogen-bond acceptors (Lipinski definition) is 4. The molecule has 1 aromatic rings. The number of nitrogens with one attached hydrogen (secondary N) is 2. The second-order valence-electron chi connectivity index (χ2n) is 4.54. The minimum absolute atomic E-state index is 0.393. The van der Waals surface area contributed by atoms with Gasteiger partial charge in [-0.25, -0.2) is 0 Å². The van der Waals surface area contributed by atoms with Crippen LogP contribution >= 0.6 is 15.9 Å². The number of hydrogen-bond donors (Lipinski definition) is 3. The van der Waals surface area contributed by atoms with E-state index in [9.17, 15) is 0 Å². The molecule has 0 amide bonds. The summed E-state index contributed by atoms with van der Waals surface area (Å²) < 4.78 is 6.33. The Bertz CT molecular complexity index is 456. The molecule has 4 nitrogen and oxygen atoms in total. The second kappa shape index (κ2) is 5.71. The van der Waals surface area contributed by atoms with E-state index in [1.165, 1.54) is 6.21 Å². The summed E-state index contributed by atoms with van der Waals surface area (Å²) in [6.45, 7) is 3.61. The van der Waals surface area contributed by atoms with Crippen molar-refractivity contribution in [1.29, 1.82) is 5.41 Å². The fraction of sp³-hybridized carbons (Fsp3) is 0.462. The van der Waals surface area contributed by atoms with Gasteiger partial charge in [-0.1, -0.05) is 15.9 Å². The molecular weight excluding hydrogens is 294 g/mol. The zero-order chi connectivity index (χ0) is 13.1. The number of rotatable bonds is 3. The molecule has 0 bridgehead atoms. The smallest absolute Gasteiger partial charge is 0.0493 e. The lowest BCUT2D eigenvalue weighted by Gasteiger charge is -2.26. The third-order valence-corrected chi connectivity index (χ3v) is 4.13. The van der Waals surface area contributed by atoms with Crippen LogP contribution in [0.3, 0.4) is 0 Å².